The number of aromatic nitrogens is 2. The summed E-state index contributed by atoms with van der Waals surface area (Å²) in [5.41, 5.74) is 1.04. The second-order valence-corrected chi connectivity index (χ2v) is 6.74. The Kier molecular flexibility index (Phi) is 2.80. The molecule has 6 heteroatoms. The van der Waals surface area contributed by atoms with Crippen LogP contribution in [0.15, 0.2) is 12.5 Å². The van der Waals surface area contributed by atoms with Gasteiger partial charge in [0.05, 0.1) is 12.2 Å². The molecule has 3 saturated carbocycles. The van der Waals surface area contributed by atoms with Crippen molar-refractivity contribution in [3.05, 3.63) is 18.2 Å². The molecule has 1 heterocycles. The Labute approximate surface area is 122 Å². The first-order valence-electron chi connectivity index (χ1n) is 7.65. The number of imidazole rings is 1. The lowest BCUT2D eigenvalue weighted by atomic mass is 9.71. The van der Waals surface area contributed by atoms with Crippen LogP contribution in [0.2, 0.25) is 0 Å². The molecule has 0 saturated heterocycles. The minimum atomic E-state index is -0.684. The monoisotopic (exact) mass is 289 g/mol. The van der Waals surface area contributed by atoms with Crippen LogP contribution in [0.1, 0.15) is 37.3 Å². The summed E-state index contributed by atoms with van der Waals surface area (Å²) in [4.78, 5) is 30.4. The van der Waals surface area contributed by atoms with Crippen LogP contribution in [0.5, 0.6) is 0 Å². The Hall–Kier alpha value is -1.85. The molecule has 3 fully saturated rings. The second-order valence-electron chi connectivity index (χ2n) is 6.74. The zero-order valence-electron chi connectivity index (χ0n) is 11.7. The molecule has 3 aliphatic rings. The Morgan fingerprint density at radius 1 is 1.29 bits per heavy atom. The van der Waals surface area contributed by atoms with E-state index in [-0.39, 0.29) is 29.7 Å². The van der Waals surface area contributed by atoms with Crippen LogP contribution in [-0.2, 0) is 9.59 Å². The van der Waals surface area contributed by atoms with Crippen molar-refractivity contribution in [1.29, 1.82) is 0 Å². The van der Waals surface area contributed by atoms with Crippen molar-refractivity contribution in [2.45, 2.75) is 37.6 Å². The molecular weight excluding hydrogens is 270 g/mol. The fourth-order valence-electron chi connectivity index (χ4n) is 4.18. The highest BCUT2D eigenvalue weighted by Crippen LogP contribution is 2.51. The van der Waals surface area contributed by atoms with Gasteiger partial charge >= 0.3 is 5.97 Å². The number of hydrogen-bond donors (Lipinski definition) is 3. The van der Waals surface area contributed by atoms with Gasteiger partial charge in [-0.1, -0.05) is 0 Å². The average Bonchev–Trinajstić information content (AvgIpc) is 2.91. The number of hydrogen-bond acceptors (Lipinski definition) is 3. The molecule has 3 N–H and O–H groups in total. The third kappa shape index (κ3) is 2.13. The van der Waals surface area contributed by atoms with Gasteiger partial charge in [0.15, 0.2) is 0 Å². The Balaban J connectivity index is 1.30. The number of nitrogens with zero attached hydrogens (tertiary/aromatic N) is 1. The van der Waals surface area contributed by atoms with E-state index in [1.165, 1.54) is 0 Å². The smallest absolute Gasteiger partial charge is 0.306 e. The number of nitrogens with one attached hydrogen (secondary N) is 2. The normalized spacial score (nSPS) is 40.2. The number of aliphatic carboxylic acids is 1. The van der Waals surface area contributed by atoms with E-state index in [4.69, 9.17) is 5.11 Å². The summed E-state index contributed by atoms with van der Waals surface area (Å²) in [7, 11) is 0. The molecule has 0 aromatic carbocycles. The highest BCUT2D eigenvalue weighted by molar-refractivity contribution is 5.83. The quantitative estimate of drug-likeness (QED) is 0.774. The van der Waals surface area contributed by atoms with Crippen molar-refractivity contribution in [1.82, 2.24) is 15.3 Å². The van der Waals surface area contributed by atoms with Crippen molar-refractivity contribution >= 4 is 11.9 Å². The van der Waals surface area contributed by atoms with Gasteiger partial charge in [-0.2, -0.15) is 0 Å². The maximum Gasteiger partial charge on any atom is 0.306 e. The van der Waals surface area contributed by atoms with Crippen molar-refractivity contribution in [3.63, 3.8) is 0 Å². The van der Waals surface area contributed by atoms with Crippen LogP contribution in [0, 0.1) is 23.7 Å². The molecular formula is C15H19N3O3. The van der Waals surface area contributed by atoms with Crippen LogP contribution < -0.4 is 5.32 Å². The molecule has 1 aromatic heterocycles. The number of aromatic amines is 1. The van der Waals surface area contributed by atoms with Crippen molar-refractivity contribution in [3.8, 4) is 0 Å². The molecule has 4 rings (SSSR count). The summed E-state index contributed by atoms with van der Waals surface area (Å²) < 4.78 is 0. The van der Waals surface area contributed by atoms with E-state index in [9.17, 15) is 9.59 Å². The van der Waals surface area contributed by atoms with E-state index in [0.29, 0.717) is 11.8 Å². The predicted octanol–water partition coefficient (Wildman–Crippen LogP) is 1.13. The lowest BCUT2D eigenvalue weighted by Crippen LogP contribution is -2.50. The minimum Gasteiger partial charge on any atom is -0.481 e. The zero-order valence-corrected chi connectivity index (χ0v) is 11.7. The molecule has 21 heavy (non-hydrogen) atoms. The summed E-state index contributed by atoms with van der Waals surface area (Å²) in [5, 5.41) is 12.2. The van der Waals surface area contributed by atoms with Gasteiger partial charge in [0, 0.05) is 29.8 Å². The fraction of sp³-hybridized carbons (Fsp3) is 0.667. The molecule has 0 spiro atoms. The summed E-state index contributed by atoms with van der Waals surface area (Å²) >= 11 is 0. The van der Waals surface area contributed by atoms with Gasteiger partial charge in [0.25, 0.3) is 0 Å². The van der Waals surface area contributed by atoms with Gasteiger partial charge in [0.1, 0.15) is 0 Å². The lowest BCUT2D eigenvalue weighted by Gasteiger charge is -2.40. The number of rotatable bonds is 4. The topological polar surface area (TPSA) is 95.1 Å². The third-order valence-corrected chi connectivity index (χ3v) is 5.55. The molecule has 6 nitrogen and oxygen atoms in total. The highest BCUT2D eigenvalue weighted by atomic mass is 16.4. The van der Waals surface area contributed by atoms with Gasteiger partial charge in [-0.3, -0.25) is 9.59 Å². The molecule has 0 aliphatic heterocycles. The Bertz CT molecular complexity index is 571. The molecule has 0 bridgehead atoms. The van der Waals surface area contributed by atoms with Gasteiger partial charge in [-0.25, -0.2) is 4.98 Å². The summed E-state index contributed by atoms with van der Waals surface area (Å²) in [6, 6.07) is 0.190. The van der Waals surface area contributed by atoms with Gasteiger partial charge in [-0.15, -0.1) is 0 Å². The number of amides is 1. The Morgan fingerprint density at radius 2 is 2.14 bits per heavy atom. The van der Waals surface area contributed by atoms with Crippen molar-refractivity contribution < 1.29 is 14.7 Å². The van der Waals surface area contributed by atoms with E-state index in [0.717, 1.165) is 31.4 Å². The van der Waals surface area contributed by atoms with Crippen LogP contribution in [0.3, 0.4) is 0 Å². The number of carbonyl (C=O) groups is 2. The van der Waals surface area contributed by atoms with E-state index in [1.54, 1.807) is 12.5 Å². The summed E-state index contributed by atoms with van der Waals surface area (Å²) in [6.45, 7) is 0. The maximum absolute atomic E-state index is 12.3. The number of carboxylic acid groups (broad SMARTS) is 1. The maximum atomic E-state index is 12.3. The summed E-state index contributed by atoms with van der Waals surface area (Å²) in [5.74, 6) is 0.437. The van der Waals surface area contributed by atoms with Crippen LogP contribution in [-0.4, -0.2) is 33.0 Å². The molecule has 1 amide bonds. The first kappa shape index (κ1) is 12.9. The van der Waals surface area contributed by atoms with Gasteiger partial charge < -0.3 is 15.4 Å². The molecule has 4 unspecified atom stereocenters. The van der Waals surface area contributed by atoms with Crippen molar-refractivity contribution in [2.75, 3.05) is 0 Å². The fourth-order valence-corrected chi connectivity index (χ4v) is 4.18. The van der Waals surface area contributed by atoms with Gasteiger partial charge in [0.2, 0.25) is 5.91 Å². The van der Waals surface area contributed by atoms with E-state index in [1.807, 2.05) is 0 Å². The van der Waals surface area contributed by atoms with Crippen LogP contribution in [0.4, 0.5) is 0 Å². The highest BCUT2D eigenvalue weighted by Gasteiger charge is 2.52. The standard InChI is InChI=1S/C15H19N3O3/c19-14(11-4-10(11)13-5-16-6-17-13)18-12-3-7-1-8(15(20)21)2-9(7)12/h5-12H,1-4H2,(H,16,17)(H,18,19)(H,20,21)/t7?,8?,9?,10-,11-,12?/m1/s1. The zero-order chi connectivity index (χ0) is 14.6. The second kappa shape index (κ2) is 4.58. The largest absolute Gasteiger partial charge is 0.481 e. The number of fused-ring (bicyclic) bond motifs is 1. The third-order valence-electron chi connectivity index (χ3n) is 5.55. The van der Waals surface area contributed by atoms with Crippen LogP contribution in [0.25, 0.3) is 0 Å². The van der Waals surface area contributed by atoms with Crippen LogP contribution >= 0.6 is 0 Å². The lowest BCUT2D eigenvalue weighted by molar-refractivity contribution is -0.141. The molecule has 1 aromatic rings. The molecule has 112 valence electrons. The van der Waals surface area contributed by atoms with E-state index >= 15 is 0 Å². The first-order chi connectivity index (χ1) is 10.1. The van der Waals surface area contributed by atoms with E-state index in [2.05, 4.69) is 15.3 Å². The minimum absolute atomic E-state index is 0.0566. The molecule has 3 aliphatic carbocycles. The Morgan fingerprint density at radius 3 is 2.86 bits per heavy atom. The first-order valence-corrected chi connectivity index (χ1v) is 7.65. The SMILES string of the molecule is O=C(O)C1CC2CC(NC(=O)[C@@H]3C[C@H]3c3cnc[nH]3)C2C1. The number of carbonyl (C=O) groups excluding carboxylic acids is 1. The predicted molar refractivity (Wildman–Crippen MR) is 73.3 cm³/mol. The number of H-pyrrole nitrogens is 1. The number of carboxylic acids is 1. The summed E-state index contributed by atoms with van der Waals surface area (Å²) in [6.07, 6.45) is 6.76. The molecule has 6 atom stereocenters. The van der Waals surface area contributed by atoms with E-state index < -0.39 is 5.97 Å². The molecule has 0 radical (unpaired) electrons. The average molecular weight is 289 g/mol. The van der Waals surface area contributed by atoms with Crippen molar-refractivity contribution in [2.24, 2.45) is 23.7 Å². The van der Waals surface area contributed by atoms with Gasteiger partial charge in [-0.05, 0) is 37.5 Å².